The first-order valence-corrected chi connectivity index (χ1v) is 9.76. The number of likely N-dealkylation sites (tertiary alicyclic amines) is 1. The van der Waals surface area contributed by atoms with Crippen molar-refractivity contribution in [2.45, 2.75) is 25.9 Å². The molecule has 0 saturated carbocycles. The average Bonchev–Trinajstić information content (AvgIpc) is 3.38. The van der Waals surface area contributed by atoms with Crippen LogP contribution in [0, 0.1) is 0 Å². The van der Waals surface area contributed by atoms with Crippen LogP contribution in [0.5, 0.6) is 5.75 Å². The number of carbonyl (C=O) groups is 1. The molecular formula is C22H25N5O2. The van der Waals surface area contributed by atoms with E-state index in [0.29, 0.717) is 5.82 Å². The molecule has 0 bridgehead atoms. The Kier molecular flexibility index (Phi) is 5.57. The molecule has 1 aromatic heterocycles. The molecule has 2 aromatic carbocycles. The highest BCUT2D eigenvalue weighted by molar-refractivity contribution is 5.73. The molecule has 1 fully saturated rings. The van der Waals surface area contributed by atoms with Crippen LogP contribution in [-0.4, -0.2) is 52.2 Å². The van der Waals surface area contributed by atoms with Gasteiger partial charge in [-0.1, -0.05) is 18.2 Å². The van der Waals surface area contributed by atoms with Crippen LogP contribution in [0.4, 0.5) is 0 Å². The average molecular weight is 391 g/mol. The van der Waals surface area contributed by atoms with E-state index in [2.05, 4.69) is 37.5 Å². The molecule has 7 nitrogen and oxygen atoms in total. The summed E-state index contributed by atoms with van der Waals surface area (Å²) < 4.78 is 5.20. The minimum Gasteiger partial charge on any atom is -0.497 e. The van der Waals surface area contributed by atoms with Crippen molar-refractivity contribution < 1.29 is 9.53 Å². The monoisotopic (exact) mass is 391 g/mol. The second-order valence-electron chi connectivity index (χ2n) is 7.36. The Morgan fingerprint density at radius 2 is 2.07 bits per heavy atom. The first-order chi connectivity index (χ1) is 14.1. The molecule has 150 valence electrons. The fourth-order valence-electron chi connectivity index (χ4n) is 3.72. The van der Waals surface area contributed by atoms with Gasteiger partial charge in [0.15, 0.2) is 11.6 Å². The molecule has 3 aromatic rings. The number of hydrogen-bond acceptors (Lipinski definition) is 5. The summed E-state index contributed by atoms with van der Waals surface area (Å²) in [5.74, 6) is 2.25. The van der Waals surface area contributed by atoms with Crippen molar-refractivity contribution in [3.05, 3.63) is 54.1 Å². The molecule has 7 heteroatoms. The van der Waals surface area contributed by atoms with Crippen LogP contribution >= 0.6 is 0 Å². The Morgan fingerprint density at radius 1 is 1.24 bits per heavy atom. The van der Waals surface area contributed by atoms with Crippen LogP contribution in [0.2, 0.25) is 0 Å². The van der Waals surface area contributed by atoms with Crippen molar-refractivity contribution >= 4 is 5.91 Å². The molecule has 1 saturated heterocycles. The van der Waals surface area contributed by atoms with E-state index in [4.69, 9.17) is 4.74 Å². The summed E-state index contributed by atoms with van der Waals surface area (Å²) in [5.41, 5.74) is 3.15. The highest BCUT2D eigenvalue weighted by Gasteiger charge is 2.23. The summed E-state index contributed by atoms with van der Waals surface area (Å²) in [6, 6.07) is 16.3. The Morgan fingerprint density at radius 3 is 2.83 bits per heavy atom. The Labute approximate surface area is 170 Å². The molecular weight excluding hydrogens is 366 g/mol. The minimum atomic E-state index is 0.0381. The molecule has 4 rings (SSSR count). The molecule has 2 heterocycles. The van der Waals surface area contributed by atoms with E-state index < -0.39 is 0 Å². The van der Waals surface area contributed by atoms with Crippen LogP contribution in [-0.2, 0) is 11.3 Å². The molecule has 1 aliphatic heterocycles. The molecule has 29 heavy (non-hydrogen) atoms. The summed E-state index contributed by atoms with van der Waals surface area (Å²) in [7, 11) is 1.65. The number of hydrogen-bond donors (Lipinski definition) is 2. The molecule has 0 spiro atoms. The third kappa shape index (κ3) is 4.63. The van der Waals surface area contributed by atoms with E-state index in [1.54, 1.807) is 14.0 Å². The van der Waals surface area contributed by atoms with E-state index in [1.807, 2.05) is 36.4 Å². The number of aromatic nitrogens is 3. The molecule has 0 unspecified atom stereocenters. The lowest BCUT2D eigenvalue weighted by Gasteiger charge is -2.16. The zero-order valence-corrected chi connectivity index (χ0v) is 16.7. The van der Waals surface area contributed by atoms with Crippen LogP contribution < -0.4 is 10.1 Å². The fraction of sp³-hybridized carbons (Fsp3) is 0.318. The molecule has 1 amide bonds. The summed E-state index contributed by atoms with van der Waals surface area (Å²) in [4.78, 5) is 18.3. The Hall–Kier alpha value is -3.19. The molecule has 0 aliphatic carbocycles. The SMILES string of the molecule is COc1ccc(-c2nc(-c3cccc(CN4CC[C@H](NC(C)=O)C4)c3)n[nH]2)cc1. The van der Waals surface area contributed by atoms with Crippen molar-refractivity contribution in [1.82, 2.24) is 25.4 Å². The van der Waals surface area contributed by atoms with Crippen LogP contribution in [0.25, 0.3) is 22.8 Å². The van der Waals surface area contributed by atoms with Crippen molar-refractivity contribution in [3.8, 4) is 28.5 Å². The Bertz CT molecular complexity index is 983. The maximum Gasteiger partial charge on any atom is 0.217 e. The van der Waals surface area contributed by atoms with Gasteiger partial charge in [-0.3, -0.25) is 14.8 Å². The predicted octanol–water partition coefficient (Wildman–Crippen LogP) is 2.86. The standard InChI is InChI=1S/C22H25N5O2/c1-15(28)23-19-10-11-27(14-19)13-16-4-3-5-18(12-16)22-24-21(25-26-22)17-6-8-20(29-2)9-7-17/h3-9,12,19H,10-11,13-14H2,1-2H3,(H,23,28)(H,24,25,26)/t19-/m0/s1. The summed E-state index contributed by atoms with van der Waals surface area (Å²) in [6.07, 6.45) is 0.991. The van der Waals surface area contributed by atoms with Gasteiger partial charge in [-0.2, -0.15) is 5.10 Å². The molecule has 0 radical (unpaired) electrons. The van der Waals surface area contributed by atoms with Gasteiger partial charge in [-0.25, -0.2) is 4.98 Å². The lowest BCUT2D eigenvalue weighted by atomic mass is 10.1. The van der Waals surface area contributed by atoms with Crippen molar-refractivity contribution in [1.29, 1.82) is 0 Å². The number of benzene rings is 2. The number of rotatable bonds is 6. The van der Waals surface area contributed by atoms with E-state index in [9.17, 15) is 4.79 Å². The first kappa shape index (κ1) is 19.1. The van der Waals surface area contributed by atoms with Gasteiger partial charge in [0.2, 0.25) is 5.91 Å². The molecule has 2 N–H and O–H groups in total. The van der Waals surface area contributed by atoms with Crippen molar-refractivity contribution in [3.63, 3.8) is 0 Å². The second kappa shape index (κ2) is 8.45. The number of methoxy groups -OCH3 is 1. The van der Waals surface area contributed by atoms with Gasteiger partial charge in [0.05, 0.1) is 7.11 Å². The zero-order valence-electron chi connectivity index (χ0n) is 16.7. The molecule has 1 aliphatic rings. The van der Waals surface area contributed by atoms with Gasteiger partial charge >= 0.3 is 0 Å². The number of H-pyrrole nitrogens is 1. The summed E-state index contributed by atoms with van der Waals surface area (Å²) in [5, 5.41) is 10.4. The lowest BCUT2D eigenvalue weighted by Crippen LogP contribution is -2.35. The van der Waals surface area contributed by atoms with Gasteiger partial charge in [-0.05, 0) is 42.3 Å². The van der Waals surface area contributed by atoms with Crippen LogP contribution in [0.1, 0.15) is 18.9 Å². The normalized spacial score (nSPS) is 16.7. The molecule has 1 atom stereocenters. The third-order valence-corrected chi connectivity index (χ3v) is 5.12. The summed E-state index contributed by atoms with van der Waals surface area (Å²) >= 11 is 0. The van der Waals surface area contributed by atoms with Crippen LogP contribution in [0.15, 0.2) is 48.5 Å². The van der Waals surface area contributed by atoms with Gasteiger partial charge in [0.1, 0.15) is 5.75 Å². The van der Waals surface area contributed by atoms with E-state index in [1.165, 1.54) is 5.56 Å². The topological polar surface area (TPSA) is 83.1 Å². The number of nitrogens with one attached hydrogen (secondary N) is 2. The zero-order chi connectivity index (χ0) is 20.2. The summed E-state index contributed by atoms with van der Waals surface area (Å²) in [6.45, 7) is 4.28. The number of ether oxygens (including phenoxy) is 1. The number of amides is 1. The number of aromatic amines is 1. The first-order valence-electron chi connectivity index (χ1n) is 9.76. The van der Waals surface area contributed by atoms with E-state index >= 15 is 0 Å². The lowest BCUT2D eigenvalue weighted by molar-refractivity contribution is -0.119. The van der Waals surface area contributed by atoms with Crippen LogP contribution in [0.3, 0.4) is 0 Å². The fourth-order valence-corrected chi connectivity index (χ4v) is 3.72. The van der Waals surface area contributed by atoms with Crippen molar-refractivity contribution in [2.75, 3.05) is 20.2 Å². The van der Waals surface area contributed by atoms with E-state index in [0.717, 1.165) is 48.8 Å². The Balaban J connectivity index is 1.45. The minimum absolute atomic E-state index is 0.0381. The van der Waals surface area contributed by atoms with Gasteiger partial charge in [-0.15, -0.1) is 0 Å². The largest absolute Gasteiger partial charge is 0.497 e. The number of nitrogens with zero attached hydrogens (tertiary/aromatic N) is 3. The second-order valence-corrected chi connectivity index (χ2v) is 7.36. The predicted molar refractivity (Wildman–Crippen MR) is 111 cm³/mol. The van der Waals surface area contributed by atoms with Gasteiger partial charge < -0.3 is 10.1 Å². The highest BCUT2D eigenvalue weighted by Crippen LogP contribution is 2.23. The maximum absolute atomic E-state index is 11.3. The van der Waals surface area contributed by atoms with Gasteiger partial charge in [0.25, 0.3) is 0 Å². The van der Waals surface area contributed by atoms with E-state index in [-0.39, 0.29) is 11.9 Å². The number of carbonyl (C=O) groups excluding carboxylic acids is 1. The smallest absolute Gasteiger partial charge is 0.217 e. The van der Waals surface area contributed by atoms with Crippen molar-refractivity contribution in [2.24, 2.45) is 0 Å². The highest BCUT2D eigenvalue weighted by atomic mass is 16.5. The third-order valence-electron chi connectivity index (χ3n) is 5.12. The quantitative estimate of drug-likeness (QED) is 0.675. The van der Waals surface area contributed by atoms with Gasteiger partial charge in [0, 0.05) is 43.7 Å². The maximum atomic E-state index is 11.3.